The van der Waals surface area contributed by atoms with Gasteiger partial charge in [0.05, 0.1) is 7.11 Å². The quantitative estimate of drug-likeness (QED) is 0.784. The van der Waals surface area contributed by atoms with Crippen molar-refractivity contribution in [1.82, 2.24) is 10.3 Å². The van der Waals surface area contributed by atoms with E-state index in [0.29, 0.717) is 11.3 Å². The maximum atomic E-state index is 12.0. The zero-order valence-electron chi connectivity index (χ0n) is 12.1. The second kappa shape index (κ2) is 6.57. The molecule has 0 unspecified atom stereocenters. The Bertz CT molecular complexity index is 750. The van der Waals surface area contributed by atoms with Gasteiger partial charge in [0.25, 0.3) is 11.8 Å². The molecule has 1 heterocycles. The molecule has 1 aromatic carbocycles. The molecule has 0 atom stereocenters. The van der Waals surface area contributed by atoms with E-state index in [0.717, 1.165) is 6.07 Å². The SMILES string of the molecule is CNC(=O)c1ccc(NC(=O)c2cc(=O)c(OC)c[nH]2)cc1. The van der Waals surface area contributed by atoms with Crippen LogP contribution < -0.4 is 20.8 Å². The summed E-state index contributed by atoms with van der Waals surface area (Å²) in [6.07, 6.45) is 1.33. The maximum absolute atomic E-state index is 12.0. The van der Waals surface area contributed by atoms with Crippen molar-refractivity contribution in [3.63, 3.8) is 0 Å². The molecular weight excluding hydrogens is 286 g/mol. The maximum Gasteiger partial charge on any atom is 0.272 e. The summed E-state index contributed by atoms with van der Waals surface area (Å²) in [5, 5.41) is 5.13. The molecule has 2 amide bonds. The number of aromatic amines is 1. The summed E-state index contributed by atoms with van der Waals surface area (Å²) >= 11 is 0. The number of carbonyl (C=O) groups excluding carboxylic acids is 2. The Balaban J connectivity index is 2.13. The Morgan fingerprint density at radius 3 is 2.36 bits per heavy atom. The second-order valence-electron chi connectivity index (χ2n) is 4.39. The lowest BCUT2D eigenvalue weighted by atomic mass is 10.2. The molecule has 2 rings (SSSR count). The monoisotopic (exact) mass is 301 g/mol. The molecule has 0 aliphatic carbocycles. The number of hydrogen-bond donors (Lipinski definition) is 3. The Morgan fingerprint density at radius 1 is 1.14 bits per heavy atom. The fourth-order valence-electron chi connectivity index (χ4n) is 1.80. The second-order valence-corrected chi connectivity index (χ2v) is 4.39. The molecule has 3 N–H and O–H groups in total. The number of pyridine rings is 1. The molecule has 0 radical (unpaired) electrons. The minimum Gasteiger partial charge on any atom is -0.491 e. The molecule has 0 aliphatic rings. The molecule has 7 heteroatoms. The van der Waals surface area contributed by atoms with E-state index in [-0.39, 0.29) is 22.8 Å². The summed E-state index contributed by atoms with van der Waals surface area (Å²) in [4.78, 5) is 37.8. The third-order valence-electron chi connectivity index (χ3n) is 2.97. The molecule has 0 saturated carbocycles. The van der Waals surface area contributed by atoms with Crippen LogP contribution in [0.3, 0.4) is 0 Å². The van der Waals surface area contributed by atoms with Gasteiger partial charge < -0.3 is 20.4 Å². The highest BCUT2D eigenvalue weighted by molar-refractivity contribution is 6.03. The number of carbonyl (C=O) groups is 2. The van der Waals surface area contributed by atoms with E-state index >= 15 is 0 Å². The van der Waals surface area contributed by atoms with E-state index in [9.17, 15) is 14.4 Å². The predicted octanol–water partition coefficient (Wildman–Crippen LogP) is 0.995. The van der Waals surface area contributed by atoms with Gasteiger partial charge in [0, 0.05) is 30.6 Å². The third-order valence-corrected chi connectivity index (χ3v) is 2.97. The van der Waals surface area contributed by atoms with E-state index in [1.54, 1.807) is 24.3 Å². The largest absolute Gasteiger partial charge is 0.491 e. The van der Waals surface area contributed by atoms with Gasteiger partial charge in [0.2, 0.25) is 5.43 Å². The fourth-order valence-corrected chi connectivity index (χ4v) is 1.80. The fraction of sp³-hybridized carbons (Fsp3) is 0.133. The first kappa shape index (κ1) is 15.3. The number of aromatic nitrogens is 1. The van der Waals surface area contributed by atoms with E-state index in [4.69, 9.17) is 4.74 Å². The Kier molecular flexibility index (Phi) is 4.57. The van der Waals surface area contributed by atoms with Crippen molar-refractivity contribution in [1.29, 1.82) is 0 Å². The van der Waals surface area contributed by atoms with Crippen LogP contribution >= 0.6 is 0 Å². The molecule has 0 bridgehead atoms. The standard InChI is InChI=1S/C15H15N3O4/c1-16-14(20)9-3-5-10(6-4-9)18-15(21)11-7-12(19)13(22-2)8-17-11/h3-8H,1-2H3,(H,16,20)(H,17,19)(H,18,21). The van der Waals surface area contributed by atoms with E-state index in [1.165, 1.54) is 20.4 Å². The first-order valence-electron chi connectivity index (χ1n) is 6.45. The lowest BCUT2D eigenvalue weighted by Gasteiger charge is -2.07. The first-order chi connectivity index (χ1) is 10.5. The van der Waals surface area contributed by atoms with Crippen molar-refractivity contribution in [3.8, 4) is 5.75 Å². The van der Waals surface area contributed by atoms with Gasteiger partial charge in [-0.3, -0.25) is 14.4 Å². The molecule has 0 saturated heterocycles. The van der Waals surface area contributed by atoms with Gasteiger partial charge in [-0.25, -0.2) is 0 Å². The zero-order valence-corrected chi connectivity index (χ0v) is 12.1. The summed E-state index contributed by atoms with van der Waals surface area (Å²) in [5.41, 5.74) is 0.718. The van der Waals surface area contributed by atoms with Crippen LogP contribution in [0.2, 0.25) is 0 Å². The number of H-pyrrole nitrogens is 1. The summed E-state index contributed by atoms with van der Waals surface area (Å²) in [6, 6.07) is 7.54. The van der Waals surface area contributed by atoms with Crippen LogP contribution in [0.4, 0.5) is 5.69 Å². The molecule has 114 valence electrons. The highest BCUT2D eigenvalue weighted by Crippen LogP contribution is 2.11. The van der Waals surface area contributed by atoms with Crippen molar-refractivity contribution in [2.24, 2.45) is 0 Å². The average molecular weight is 301 g/mol. The minimum absolute atomic E-state index is 0.112. The Hall–Kier alpha value is -3.09. The molecule has 0 fully saturated rings. The van der Waals surface area contributed by atoms with Gasteiger partial charge in [0.15, 0.2) is 5.75 Å². The average Bonchev–Trinajstić information content (AvgIpc) is 2.54. The smallest absolute Gasteiger partial charge is 0.272 e. The molecule has 7 nitrogen and oxygen atoms in total. The topological polar surface area (TPSA) is 100 Å². The van der Waals surface area contributed by atoms with Gasteiger partial charge in [0.1, 0.15) is 5.69 Å². The van der Waals surface area contributed by atoms with Crippen molar-refractivity contribution in [3.05, 3.63) is 58.0 Å². The number of methoxy groups -OCH3 is 1. The van der Waals surface area contributed by atoms with Gasteiger partial charge >= 0.3 is 0 Å². The lowest BCUT2D eigenvalue weighted by molar-refractivity contribution is 0.0962. The van der Waals surface area contributed by atoms with Crippen LogP contribution in [0.1, 0.15) is 20.8 Å². The molecule has 2 aromatic rings. The van der Waals surface area contributed by atoms with Crippen LogP contribution in [0.15, 0.2) is 41.3 Å². The van der Waals surface area contributed by atoms with Crippen LogP contribution in [0, 0.1) is 0 Å². The molecule has 22 heavy (non-hydrogen) atoms. The number of amides is 2. The number of nitrogens with one attached hydrogen (secondary N) is 3. The minimum atomic E-state index is -0.465. The zero-order chi connectivity index (χ0) is 16.1. The lowest BCUT2D eigenvalue weighted by Crippen LogP contribution is -2.18. The Labute approximate surface area is 126 Å². The van der Waals surface area contributed by atoms with Crippen LogP contribution in [-0.2, 0) is 0 Å². The normalized spacial score (nSPS) is 9.91. The van der Waals surface area contributed by atoms with Gasteiger partial charge in [-0.15, -0.1) is 0 Å². The van der Waals surface area contributed by atoms with Crippen LogP contribution in [0.25, 0.3) is 0 Å². The van der Waals surface area contributed by atoms with Crippen molar-refractivity contribution < 1.29 is 14.3 Å². The van der Waals surface area contributed by atoms with Crippen molar-refractivity contribution in [2.75, 3.05) is 19.5 Å². The number of hydrogen-bond acceptors (Lipinski definition) is 4. The summed E-state index contributed by atoms with van der Waals surface area (Å²) in [6.45, 7) is 0. The van der Waals surface area contributed by atoms with Gasteiger partial charge in [-0.2, -0.15) is 0 Å². The van der Waals surface area contributed by atoms with Crippen molar-refractivity contribution >= 4 is 17.5 Å². The summed E-state index contributed by atoms with van der Waals surface area (Å²) in [5.74, 6) is -0.545. The van der Waals surface area contributed by atoms with E-state index < -0.39 is 5.91 Å². The van der Waals surface area contributed by atoms with Crippen LogP contribution in [-0.4, -0.2) is 31.0 Å². The van der Waals surface area contributed by atoms with Gasteiger partial charge in [-0.1, -0.05) is 0 Å². The number of ether oxygens (including phenoxy) is 1. The predicted molar refractivity (Wildman–Crippen MR) is 81.4 cm³/mol. The number of rotatable bonds is 4. The highest BCUT2D eigenvalue weighted by Gasteiger charge is 2.10. The van der Waals surface area contributed by atoms with Gasteiger partial charge in [-0.05, 0) is 24.3 Å². The van der Waals surface area contributed by atoms with Crippen LogP contribution in [0.5, 0.6) is 5.75 Å². The molecule has 0 aliphatic heterocycles. The first-order valence-corrected chi connectivity index (χ1v) is 6.45. The molecule has 1 aromatic heterocycles. The summed E-state index contributed by atoms with van der Waals surface area (Å²) in [7, 11) is 2.91. The summed E-state index contributed by atoms with van der Waals surface area (Å²) < 4.78 is 4.83. The number of benzene rings is 1. The Morgan fingerprint density at radius 2 is 1.82 bits per heavy atom. The van der Waals surface area contributed by atoms with Crippen molar-refractivity contribution in [2.45, 2.75) is 0 Å². The van der Waals surface area contributed by atoms with E-state index in [2.05, 4.69) is 15.6 Å². The highest BCUT2D eigenvalue weighted by atomic mass is 16.5. The molecule has 0 spiro atoms. The third kappa shape index (κ3) is 3.32. The molecular formula is C15H15N3O4. The number of anilines is 1. The van der Waals surface area contributed by atoms with E-state index in [1.807, 2.05) is 0 Å².